The summed E-state index contributed by atoms with van der Waals surface area (Å²) in [5, 5.41) is 2.78. The molecule has 0 radical (unpaired) electrons. The average molecular weight is 403 g/mol. The van der Waals surface area contributed by atoms with Gasteiger partial charge in [-0.25, -0.2) is 4.79 Å². The van der Waals surface area contributed by atoms with Crippen LogP contribution in [-0.4, -0.2) is 79.1 Å². The summed E-state index contributed by atoms with van der Waals surface area (Å²) >= 11 is 0. The van der Waals surface area contributed by atoms with Crippen LogP contribution in [0.25, 0.3) is 0 Å². The quantitative estimate of drug-likeness (QED) is 0.559. The maximum Gasteiger partial charge on any atom is 0.407 e. The Hall–Kier alpha value is -2.94. The third-order valence-electron chi connectivity index (χ3n) is 5.20. The van der Waals surface area contributed by atoms with Crippen LogP contribution in [0.5, 0.6) is 0 Å². The lowest BCUT2D eigenvalue weighted by atomic mass is 10.0. The van der Waals surface area contributed by atoms with Crippen molar-refractivity contribution in [2.75, 3.05) is 33.4 Å². The number of alkyl carbamates (subject to hydrolysis) is 1. The number of carbonyl (C=O) groups is 4. The minimum atomic E-state index is -0.811. The summed E-state index contributed by atoms with van der Waals surface area (Å²) in [6.07, 6.45) is 0.984. The van der Waals surface area contributed by atoms with Crippen molar-refractivity contribution in [1.82, 2.24) is 15.1 Å². The van der Waals surface area contributed by atoms with E-state index in [9.17, 15) is 19.2 Å². The van der Waals surface area contributed by atoms with Gasteiger partial charge < -0.3 is 14.8 Å². The molecule has 0 unspecified atom stereocenters. The predicted octanol–water partition coefficient (Wildman–Crippen LogP) is 1.03. The van der Waals surface area contributed by atoms with Crippen LogP contribution in [0, 0.1) is 0 Å². The van der Waals surface area contributed by atoms with Gasteiger partial charge >= 0.3 is 12.1 Å². The number of benzene rings is 1. The van der Waals surface area contributed by atoms with Crippen LogP contribution >= 0.6 is 0 Å². The first-order valence-corrected chi connectivity index (χ1v) is 9.66. The second kappa shape index (κ2) is 9.04. The smallest absolute Gasteiger partial charge is 0.407 e. The Balaban J connectivity index is 1.74. The Bertz CT molecular complexity index is 776. The molecule has 3 amide bonds. The molecule has 9 heteroatoms. The average Bonchev–Trinajstić information content (AvgIpc) is 2.96. The molecule has 2 aliphatic heterocycles. The monoisotopic (exact) mass is 403 g/mol. The zero-order valence-electron chi connectivity index (χ0n) is 16.6. The van der Waals surface area contributed by atoms with Gasteiger partial charge in [0.25, 0.3) is 11.8 Å². The Labute approximate surface area is 168 Å². The lowest BCUT2D eigenvalue weighted by Gasteiger charge is -2.37. The molecule has 29 heavy (non-hydrogen) atoms. The van der Waals surface area contributed by atoms with Crippen LogP contribution in [0.15, 0.2) is 24.3 Å². The zero-order valence-corrected chi connectivity index (χ0v) is 16.6. The molecule has 0 saturated carbocycles. The van der Waals surface area contributed by atoms with Crippen LogP contribution in [0.1, 0.15) is 40.5 Å². The first-order chi connectivity index (χ1) is 14.0. The van der Waals surface area contributed by atoms with Gasteiger partial charge in [0.05, 0.1) is 31.4 Å². The van der Waals surface area contributed by atoms with Gasteiger partial charge in [0.2, 0.25) is 0 Å². The Morgan fingerprint density at radius 3 is 2.45 bits per heavy atom. The van der Waals surface area contributed by atoms with Crippen molar-refractivity contribution in [2.24, 2.45) is 0 Å². The maximum absolute atomic E-state index is 12.7. The van der Waals surface area contributed by atoms with Crippen molar-refractivity contribution in [1.29, 1.82) is 0 Å². The standard InChI is InChI=1S/C20H25N3O6/c1-3-29-20(27)21-13-7-6-10-22(11-13)16(19(26)28-2)12-23-17(24)14-8-4-5-9-15(14)18(23)25/h4-5,8-9,13,16H,3,6-7,10-12H2,1-2H3,(H,21,27)/t13-,16+/m0/s1. The summed E-state index contributed by atoms with van der Waals surface area (Å²) in [7, 11) is 1.27. The Morgan fingerprint density at radius 2 is 1.86 bits per heavy atom. The summed E-state index contributed by atoms with van der Waals surface area (Å²) in [6.45, 7) is 2.87. The minimum Gasteiger partial charge on any atom is -0.468 e. The van der Waals surface area contributed by atoms with Crippen LogP contribution in [0.4, 0.5) is 4.79 Å². The zero-order chi connectivity index (χ0) is 21.0. The molecule has 9 nitrogen and oxygen atoms in total. The summed E-state index contributed by atoms with van der Waals surface area (Å²) in [5.41, 5.74) is 0.670. The van der Waals surface area contributed by atoms with Crippen molar-refractivity contribution in [3.63, 3.8) is 0 Å². The van der Waals surface area contributed by atoms with Gasteiger partial charge in [-0.15, -0.1) is 0 Å². The SMILES string of the molecule is CCOC(=O)N[C@H]1CCCN([C@H](CN2C(=O)c3ccccc3C2=O)C(=O)OC)C1. The van der Waals surface area contributed by atoms with Crippen LogP contribution in [-0.2, 0) is 14.3 Å². The highest BCUT2D eigenvalue weighted by atomic mass is 16.5. The van der Waals surface area contributed by atoms with E-state index in [1.807, 2.05) is 4.90 Å². The number of rotatable bonds is 6. The highest BCUT2D eigenvalue weighted by Crippen LogP contribution is 2.24. The lowest BCUT2D eigenvalue weighted by Crippen LogP contribution is -2.57. The van der Waals surface area contributed by atoms with Crippen molar-refractivity contribution in [3.8, 4) is 0 Å². The van der Waals surface area contributed by atoms with E-state index in [1.165, 1.54) is 7.11 Å². The number of hydrogen-bond donors (Lipinski definition) is 1. The number of carbonyl (C=O) groups excluding carboxylic acids is 4. The molecule has 1 aromatic rings. The fraction of sp³-hybridized carbons (Fsp3) is 0.500. The number of nitrogens with one attached hydrogen (secondary N) is 1. The van der Waals surface area contributed by atoms with E-state index in [2.05, 4.69) is 5.32 Å². The molecule has 156 valence electrons. The molecule has 1 N–H and O–H groups in total. The van der Waals surface area contributed by atoms with E-state index in [0.717, 1.165) is 17.7 Å². The number of hydrogen-bond acceptors (Lipinski definition) is 7. The summed E-state index contributed by atoms with van der Waals surface area (Å²) in [6, 6.07) is 5.58. The number of fused-ring (bicyclic) bond motifs is 1. The first kappa shape index (κ1) is 20.8. The lowest BCUT2D eigenvalue weighted by molar-refractivity contribution is -0.147. The summed E-state index contributed by atoms with van der Waals surface area (Å²) < 4.78 is 9.86. The van der Waals surface area contributed by atoms with E-state index in [0.29, 0.717) is 24.2 Å². The molecule has 1 aromatic carbocycles. The van der Waals surface area contributed by atoms with Crippen LogP contribution in [0.3, 0.4) is 0 Å². The number of piperidine rings is 1. The summed E-state index contributed by atoms with van der Waals surface area (Å²) in [5.74, 6) is -1.37. The van der Waals surface area contributed by atoms with E-state index in [-0.39, 0.29) is 19.2 Å². The molecular weight excluding hydrogens is 378 g/mol. The normalized spacial score (nSPS) is 20.2. The molecular formula is C20H25N3O6. The third kappa shape index (κ3) is 4.40. The largest absolute Gasteiger partial charge is 0.468 e. The van der Waals surface area contributed by atoms with Crippen molar-refractivity contribution in [2.45, 2.75) is 31.8 Å². The van der Waals surface area contributed by atoms with E-state index in [1.54, 1.807) is 31.2 Å². The molecule has 0 aliphatic carbocycles. The van der Waals surface area contributed by atoms with Gasteiger partial charge in [-0.3, -0.25) is 24.2 Å². The maximum atomic E-state index is 12.7. The third-order valence-corrected chi connectivity index (χ3v) is 5.20. The number of ether oxygens (including phenoxy) is 2. The van der Waals surface area contributed by atoms with E-state index >= 15 is 0 Å². The van der Waals surface area contributed by atoms with E-state index in [4.69, 9.17) is 9.47 Å². The second-order valence-electron chi connectivity index (χ2n) is 7.00. The molecule has 0 bridgehead atoms. The number of amides is 3. The molecule has 3 rings (SSSR count). The highest BCUT2D eigenvalue weighted by Gasteiger charge is 2.40. The van der Waals surface area contributed by atoms with Gasteiger partial charge in [-0.1, -0.05) is 12.1 Å². The van der Waals surface area contributed by atoms with Crippen molar-refractivity contribution < 1.29 is 28.7 Å². The number of imide groups is 1. The highest BCUT2D eigenvalue weighted by molar-refractivity contribution is 6.21. The van der Waals surface area contributed by atoms with Crippen molar-refractivity contribution >= 4 is 23.9 Å². The Kier molecular flexibility index (Phi) is 6.48. The van der Waals surface area contributed by atoms with E-state index < -0.39 is 29.9 Å². The molecule has 0 spiro atoms. The van der Waals surface area contributed by atoms with Gasteiger partial charge in [-0.05, 0) is 38.4 Å². The van der Waals surface area contributed by atoms with Crippen molar-refractivity contribution in [3.05, 3.63) is 35.4 Å². The fourth-order valence-electron chi connectivity index (χ4n) is 3.80. The Morgan fingerprint density at radius 1 is 1.21 bits per heavy atom. The molecule has 1 fully saturated rings. The van der Waals surface area contributed by atoms with Crippen LogP contribution < -0.4 is 5.32 Å². The number of nitrogens with zero attached hydrogens (tertiary/aromatic N) is 2. The fourth-order valence-corrected chi connectivity index (χ4v) is 3.80. The molecule has 0 aromatic heterocycles. The number of esters is 1. The first-order valence-electron chi connectivity index (χ1n) is 9.66. The molecule has 2 aliphatic rings. The van der Waals surface area contributed by atoms with Gasteiger partial charge in [0, 0.05) is 12.6 Å². The predicted molar refractivity (Wildman–Crippen MR) is 102 cm³/mol. The number of methoxy groups -OCH3 is 1. The number of likely N-dealkylation sites (tertiary alicyclic amines) is 1. The molecule has 1 saturated heterocycles. The molecule has 2 atom stereocenters. The van der Waals surface area contributed by atoms with Gasteiger partial charge in [0.1, 0.15) is 6.04 Å². The molecule has 2 heterocycles. The summed E-state index contributed by atoms with van der Waals surface area (Å²) in [4.78, 5) is 52.5. The van der Waals surface area contributed by atoms with Gasteiger partial charge in [0.15, 0.2) is 0 Å². The minimum absolute atomic E-state index is 0.106. The second-order valence-corrected chi connectivity index (χ2v) is 7.00. The van der Waals surface area contributed by atoms with Crippen LogP contribution in [0.2, 0.25) is 0 Å². The van der Waals surface area contributed by atoms with Gasteiger partial charge in [-0.2, -0.15) is 0 Å². The topological polar surface area (TPSA) is 105 Å².